The number of hydrogen-bond acceptors (Lipinski definition) is 3. The van der Waals surface area contributed by atoms with Gasteiger partial charge in [0.15, 0.2) is 5.69 Å². The minimum absolute atomic E-state index is 0.262. The standard InChI is InChI=1S/C24H32N2O3/c1-5-15-29-23-19-13-8-9-14-20(19)26(28)16(4)21(23)24(27)25-22-17(6-2)11-10-12-18(22)7-3/h10-12H,5-9,13-15H2,1-4H3,(H,25,27). The molecule has 0 fully saturated rings. The Morgan fingerprint density at radius 3 is 2.41 bits per heavy atom. The van der Waals surface area contributed by atoms with Crippen molar-refractivity contribution in [1.29, 1.82) is 0 Å². The second kappa shape index (κ2) is 9.29. The van der Waals surface area contributed by atoms with Crippen LogP contribution in [-0.4, -0.2) is 12.5 Å². The first-order valence-electron chi connectivity index (χ1n) is 10.9. The first kappa shape index (κ1) is 21.2. The molecule has 0 bridgehead atoms. The van der Waals surface area contributed by atoms with Gasteiger partial charge in [-0.1, -0.05) is 39.0 Å². The summed E-state index contributed by atoms with van der Waals surface area (Å²) in [5.41, 5.74) is 5.52. The second-order valence-electron chi connectivity index (χ2n) is 7.68. The van der Waals surface area contributed by atoms with Crippen molar-refractivity contribution in [3.8, 4) is 5.75 Å². The van der Waals surface area contributed by atoms with E-state index in [2.05, 4.69) is 19.2 Å². The molecule has 1 N–H and O–H groups in total. The lowest BCUT2D eigenvalue weighted by Gasteiger charge is -2.23. The second-order valence-corrected chi connectivity index (χ2v) is 7.68. The molecule has 0 spiro atoms. The Morgan fingerprint density at radius 2 is 1.79 bits per heavy atom. The summed E-state index contributed by atoms with van der Waals surface area (Å²) in [6.45, 7) is 8.45. The lowest BCUT2D eigenvalue weighted by atomic mass is 9.92. The topological polar surface area (TPSA) is 65.3 Å². The van der Waals surface area contributed by atoms with Crippen LogP contribution in [-0.2, 0) is 25.7 Å². The number of carbonyl (C=O) groups is 1. The number of aryl methyl sites for hydroxylation is 2. The molecule has 0 saturated carbocycles. The third-order valence-corrected chi connectivity index (χ3v) is 5.77. The molecular weight excluding hydrogens is 364 g/mol. The van der Waals surface area contributed by atoms with Gasteiger partial charge in [-0.25, -0.2) is 0 Å². The number of nitrogens with one attached hydrogen (secondary N) is 1. The summed E-state index contributed by atoms with van der Waals surface area (Å²) in [6, 6.07) is 6.10. The van der Waals surface area contributed by atoms with Crippen LogP contribution in [0.5, 0.6) is 5.75 Å². The van der Waals surface area contributed by atoms with Gasteiger partial charge in [0.05, 0.1) is 12.2 Å². The number of rotatable bonds is 7. The number of ether oxygens (including phenoxy) is 1. The maximum atomic E-state index is 13.4. The number of benzene rings is 1. The van der Waals surface area contributed by atoms with Gasteiger partial charge in [-0.2, -0.15) is 4.73 Å². The van der Waals surface area contributed by atoms with Crippen molar-refractivity contribution in [2.75, 3.05) is 11.9 Å². The van der Waals surface area contributed by atoms with E-state index in [1.807, 2.05) is 25.1 Å². The van der Waals surface area contributed by atoms with E-state index in [1.165, 1.54) is 0 Å². The van der Waals surface area contributed by atoms with Gasteiger partial charge >= 0.3 is 0 Å². The van der Waals surface area contributed by atoms with Crippen LogP contribution >= 0.6 is 0 Å². The molecule has 1 aromatic heterocycles. The van der Waals surface area contributed by atoms with Crippen molar-refractivity contribution in [2.45, 2.75) is 72.6 Å². The van der Waals surface area contributed by atoms with Crippen molar-refractivity contribution in [3.05, 3.63) is 57.0 Å². The minimum atomic E-state index is -0.262. The maximum absolute atomic E-state index is 13.4. The van der Waals surface area contributed by atoms with Gasteiger partial charge in [-0.15, -0.1) is 0 Å². The third kappa shape index (κ3) is 4.09. The van der Waals surface area contributed by atoms with E-state index < -0.39 is 0 Å². The van der Waals surface area contributed by atoms with Gasteiger partial charge in [-0.05, 0) is 49.7 Å². The van der Waals surface area contributed by atoms with Crippen LogP contribution in [0.3, 0.4) is 0 Å². The molecule has 1 aromatic carbocycles. The molecule has 1 aliphatic carbocycles. The fourth-order valence-corrected chi connectivity index (χ4v) is 4.19. The lowest BCUT2D eigenvalue weighted by Crippen LogP contribution is -2.41. The third-order valence-electron chi connectivity index (χ3n) is 5.77. The van der Waals surface area contributed by atoms with Crippen molar-refractivity contribution in [3.63, 3.8) is 0 Å². The molecule has 2 aromatic rings. The van der Waals surface area contributed by atoms with Crippen LogP contribution in [0.2, 0.25) is 0 Å². The van der Waals surface area contributed by atoms with Crippen LogP contribution in [0.25, 0.3) is 0 Å². The summed E-state index contributed by atoms with van der Waals surface area (Å²) in [5.74, 6) is 0.345. The smallest absolute Gasteiger partial charge is 0.265 e. The van der Waals surface area contributed by atoms with E-state index in [9.17, 15) is 10.0 Å². The van der Waals surface area contributed by atoms with Crippen LogP contribution < -0.4 is 14.8 Å². The number of carbonyl (C=O) groups excluding carboxylic acids is 1. The fourth-order valence-electron chi connectivity index (χ4n) is 4.19. The number of aromatic nitrogens is 1. The van der Waals surface area contributed by atoms with E-state index in [0.29, 0.717) is 23.6 Å². The van der Waals surface area contributed by atoms with E-state index in [-0.39, 0.29) is 5.91 Å². The summed E-state index contributed by atoms with van der Waals surface area (Å²) in [5, 5.41) is 16.1. The molecule has 156 valence electrons. The number of anilines is 1. The Kier molecular flexibility index (Phi) is 6.78. The molecule has 0 unspecified atom stereocenters. The molecule has 1 amide bonds. The summed E-state index contributed by atoms with van der Waals surface area (Å²) >= 11 is 0. The highest BCUT2D eigenvalue weighted by Crippen LogP contribution is 2.34. The number of pyridine rings is 1. The number of amides is 1. The molecule has 1 heterocycles. The Labute approximate surface area is 173 Å². The van der Waals surface area contributed by atoms with Gasteiger partial charge < -0.3 is 15.3 Å². The Bertz CT molecular complexity index is 883. The van der Waals surface area contributed by atoms with E-state index in [1.54, 1.807) is 6.92 Å². The zero-order valence-corrected chi connectivity index (χ0v) is 18.1. The molecule has 29 heavy (non-hydrogen) atoms. The van der Waals surface area contributed by atoms with Gasteiger partial charge in [-0.3, -0.25) is 4.79 Å². The predicted molar refractivity (Wildman–Crippen MR) is 116 cm³/mol. The van der Waals surface area contributed by atoms with Crippen LogP contribution in [0, 0.1) is 12.1 Å². The van der Waals surface area contributed by atoms with Gasteiger partial charge in [0, 0.05) is 19.0 Å². The molecule has 3 rings (SSSR count). The minimum Gasteiger partial charge on any atom is -0.618 e. The molecule has 0 atom stereocenters. The van der Waals surface area contributed by atoms with E-state index >= 15 is 0 Å². The molecule has 0 aliphatic heterocycles. The molecule has 5 nitrogen and oxygen atoms in total. The average molecular weight is 397 g/mol. The predicted octanol–water partition coefficient (Wildman–Crippen LogP) is 4.67. The maximum Gasteiger partial charge on any atom is 0.265 e. The normalized spacial score (nSPS) is 13.1. The van der Waals surface area contributed by atoms with Crippen LogP contribution in [0.15, 0.2) is 18.2 Å². The fraction of sp³-hybridized carbons (Fsp3) is 0.500. The Hall–Kier alpha value is -2.56. The van der Waals surface area contributed by atoms with Crippen molar-refractivity contribution >= 4 is 11.6 Å². The number of fused-ring (bicyclic) bond motifs is 1. The van der Waals surface area contributed by atoms with E-state index in [0.717, 1.165) is 77.7 Å². The summed E-state index contributed by atoms with van der Waals surface area (Å²) in [7, 11) is 0. The first-order valence-corrected chi connectivity index (χ1v) is 10.9. The number of nitrogens with zero attached hydrogens (tertiary/aromatic N) is 1. The molecule has 0 saturated heterocycles. The average Bonchev–Trinajstić information content (AvgIpc) is 2.75. The highest BCUT2D eigenvalue weighted by molar-refractivity contribution is 6.07. The molecular formula is C24H32N2O3. The largest absolute Gasteiger partial charge is 0.618 e. The molecule has 5 heteroatoms. The van der Waals surface area contributed by atoms with Gasteiger partial charge in [0.25, 0.3) is 5.91 Å². The van der Waals surface area contributed by atoms with Crippen molar-refractivity contribution in [2.24, 2.45) is 0 Å². The first-order chi connectivity index (χ1) is 14.0. The number of hydrogen-bond donors (Lipinski definition) is 1. The SMILES string of the molecule is CCCOc1c2c([n+]([O-])c(C)c1C(=O)Nc1c(CC)cccc1CC)CCCC2. The van der Waals surface area contributed by atoms with Crippen molar-refractivity contribution < 1.29 is 14.3 Å². The van der Waals surface area contributed by atoms with Crippen LogP contribution in [0.4, 0.5) is 5.69 Å². The molecule has 0 radical (unpaired) electrons. The Morgan fingerprint density at radius 1 is 1.14 bits per heavy atom. The van der Waals surface area contributed by atoms with Crippen LogP contribution in [0.1, 0.15) is 78.5 Å². The number of para-hydroxylation sites is 1. The summed E-state index contributed by atoms with van der Waals surface area (Å²) in [6.07, 6.45) is 6.03. The Balaban J connectivity index is 2.10. The molecule has 1 aliphatic rings. The zero-order valence-electron chi connectivity index (χ0n) is 18.1. The quantitative estimate of drug-likeness (QED) is 0.546. The van der Waals surface area contributed by atoms with E-state index in [4.69, 9.17) is 4.74 Å². The lowest BCUT2D eigenvalue weighted by molar-refractivity contribution is -0.621. The van der Waals surface area contributed by atoms with Crippen molar-refractivity contribution in [1.82, 2.24) is 0 Å². The zero-order chi connectivity index (χ0) is 21.0. The highest BCUT2D eigenvalue weighted by Gasteiger charge is 2.32. The summed E-state index contributed by atoms with van der Waals surface area (Å²) < 4.78 is 7.03. The summed E-state index contributed by atoms with van der Waals surface area (Å²) in [4.78, 5) is 13.4. The monoisotopic (exact) mass is 396 g/mol. The van der Waals surface area contributed by atoms with Gasteiger partial charge in [0.1, 0.15) is 11.3 Å². The highest BCUT2D eigenvalue weighted by atomic mass is 16.5. The van der Waals surface area contributed by atoms with Gasteiger partial charge in [0.2, 0.25) is 5.69 Å².